The SMILES string of the molecule is ClCCCc1nnc(-c2cc3c(s2)CCCC3)s1. The highest BCUT2D eigenvalue weighted by atomic mass is 35.5. The van der Waals surface area contributed by atoms with Crippen molar-refractivity contribution in [2.24, 2.45) is 0 Å². The molecule has 18 heavy (non-hydrogen) atoms. The normalized spacial score (nSPS) is 14.7. The standard InChI is InChI=1S/C13H15ClN2S2/c14-7-3-6-12-15-16-13(18-12)11-8-9-4-1-2-5-10(9)17-11/h8H,1-7H2. The van der Waals surface area contributed by atoms with Crippen molar-refractivity contribution in [2.45, 2.75) is 38.5 Å². The fourth-order valence-corrected chi connectivity index (χ4v) is 4.58. The number of nitrogens with zero attached hydrogens (tertiary/aromatic N) is 2. The molecule has 2 aromatic rings. The van der Waals surface area contributed by atoms with Gasteiger partial charge < -0.3 is 0 Å². The van der Waals surface area contributed by atoms with Gasteiger partial charge in [-0.25, -0.2) is 0 Å². The fraction of sp³-hybridized carbons (Fsp3) is 0.538. The predicted molar refractivity (Wildman–Crippen MR) is 78.9 cm³/mol. The van der Waals surface area contributed by atoms with E-state index >= 15 is 0 Å². The van der Waals surface area contributed by atoms with E-state index in [0.717, 1.165) is 22.9 Å². The molecule has 1 aliphatic rings. The van der Waals surface area contributed by atoms with E-state index in [4.69, 9.17) is 11.6 Å². The van der Waals surface area contributed by atoms with Crippen molar-refractivity contribution in [1.29, 1.82) is 0 Å². The smallest absolute Gasteiger partial charge is 0.143 e. The molecule has 0 bridgehead atoms. The van der Waals surface area contributed by atoms with Crippen LogP contribution in [0.5, 0.6) is 0 Å². The Morgan fingerprint density at radius 1 is 1.17 bits per heavy atom. The molecule has 5 heteroatoms. The first-order chi connectivity index (χ1) is 8.86. The molecule has 0 saturated heterocycles. The van der Waals surface area contributed by atoms with Gasteiger partial charge >= 0.3 is 0 Å². The zero-order chi connectivity index (χ0) is 12.4. The van der Waals surface area contributed by atoms with Crippen LogP contribution in [0, 0.1) is 0 Å². The van der Waals surface area contributed by atoms with Gasteiger partial charge in [0.2, 0.25) is 0 Å². The number of hydrogen-bond donors (Lipinski definition) is 0. The Morgan fingerprint density at radius 2 is 2.06 bits per heavy atom. The van der Waals surface area contributed by atoms with Gasteiger partial charge in [-0.2, -0.15) is 0 Å². The van der Waals surface area contributed by atoms with Gasteiger partial charge in [0.05, 0.1) is 4.88 Å². The van der Waals surface area contributed by atoms with Gasteiger partial charge in [0, 0.05) is 17.2 Å². The minimum atomic E-state index is 0.697. The van der Waals surface area contributed by atoms with Crippen molar-refractivity contribution in [2.75, 3.05) is 5.88 Å². The molecule has 2 aromatic heterocycles. The zero-order valence-electron chi connectivity index (χ0n) is 10.1. The maximum absolute atomic E-state index is 5.70. The number of thiophene rings is 1. The molecule has 96 valence electrons. The molecule has 0 saturated carbocycles. The molecule has 0 fully saturated rings. The second-order valence-corrected chi connectivity index (χ2v) is 7.14. The molecule has 0 aliphatic heterocycles. The van der Waals surface area contributed by atoms with Gasteiger partial charge in [0.15, 0.2) is 5.01 Å². The number of aromatic nitrogens is 2. The molecular formula is C13H15ClN2S2. The van der Waals surface area contributed by atoms with Crippen LogP contribution >= 0.6 is 34.3 Å². The number of fused-ring (bicyclic) bond motifs is 1. The number of halogens is 1. The highest BCUT2D eigenvalue weighted by Crippen LogP contribution is 2.36. The zero-order valence-corrected chi connectivity index (χ0v) is 12.5. The van der Waals surface area contributed by atoms with Crippen LogP contribution in [0.4, 0.5) is 0 Å². The minimum Gasteiger partial charge on any atom is -0.143 e. The van der Waals surface area contributed by atoms with Crippen LogP contribution in [0.25, 0.3) is 9.88 Å². The molecule has 2 nitrogen and oxygen atoms in total. The van der Waals surface area contributed by atoms with E-state index < -0.39 is 0 Å². The second-order valence-electron chi connectivity index (χ2n) is 4.56. The Morgan fingerprint density at radius 3 is 2.89 bits per heavy atom. The Balaban J connectivity index is 1.81. The van der Waals surface area contributed by atoms with E-state index in [1.54, 1.807) is 21.8 Å². The topological polar surface area (TPSA) is 25.8 Å². The third kappa shape index (κ3) is 2.60. The Bertz CT molecular complexity index is 509. The largest absolute Gasteiger partial charge is 0.157 e. The van der Waals surface area contributed by atoms with Crippen LogP contribution in [-0.4, -0.2) is 16.1 Å². The summed E-state index contributed by atoms with van der Waals surface area (Å²) in [7, 11) is 0. The molecule has 0 spiro atoms. The first-order valence-electron chi connectivity index (χ1n) is 6.37. The quantitative estimate of drug-likeness (QED) is 0.786. The Labute approximate surface area is 120 Å². The predicted octanol–water partition coefficient (Wildman–Crippen LogP) is 4.32. The molecule has 2 heterocycles. The highest BCUT2D eigenvalue weighted by Gasteiger charge is 2.16. The first kappa shape index (κ1) is 12.6. The summed E-state index contributed by atoms with van der Waals surface area (Å²) in [5, 5.41) is 10.8. The molecule has 0 unspecified atom stereocenters. The average molecular weight is 299 g/mol. The van der Waals surface area contributed by atoms with Crippen molar-refractivity contribution in [1.82, 2.24) is 10.2 Å². The van der Waals surface area contributed by atoms with Crippen LogP contribution in [0.1, 0.15) is 34.7 Å². The van der Waals surface area contributed by atoms with Crippen LogP contribution in [0.15, 0.2) is 6.07 Å². The van der Waals surface area contributed by atoms with Crippen molar-refractivity contribution in [3.05, 3.63) is 21.5 Å². The average Bonchev–Trinajstić information content (AvgIpc) is 3.02. The van der Waals surface area contributed by atoms with Gasteiger partial charge in [-0.05, 0) is 43.7 Å². The van der Waals surface area contributed by atoms with Gasteiger partial charge in [0.1, 0.15) is 5.01 Å². The first-order valence-corrected chi connectivity index (χ1v) is 8.54. The van der Waals surface area contributed by atoms with Crippen molar-refractivity contribution in [3.8, 4) is 9.88 Å². The summed E-state index contributed by atoms with van der Waals surface area (Å²) < 4.78 is 0. The van der Waals surface area contributed by atoms with Gasteiger partial charge in [-0.1, -0.05) is 11.3 Å². The van der Waals surface area contributed by atoms with Gasteiger partial charge in [-0.3, -0.25) is 0 Å². The van der Waals surface area contributed by atoms with Crippen LogP contribution in [-0.2, 0) is 19.3 Å². The summed E-state index contributed by atoms with van der Waals surface area (Å²) in [5.41, 5.74) is 1.54. The Kier molecular flexibility index (Phi) is 3.97. The third-order valence-electron chi connectivity index (χ3n) is 3.20. The monoisotopic (exact) mass is 298 g/mol. The summed E-state index contributed by atoms with van der Waals surface area (Å²) in [6.45, 7) is 0. The molecule has 0 radical (unpaired) electrons. The molecule has 1 aliphatic carbocycles. The van der Waals surface area contributed by atoms with E-state index in [-0.39, 0.29) is 0 Å². The summed E-state index contributed by atoms with van der Waals surface area (Å²) in [6.07, 6.45) is 7.09. The van der Waals surface area contributed by atoms with E-state index in [9.17, 15) is 0 Å². The molecule has 3 rings (SSSR count). The van der Waals surface area contributed by atoms with E-state index in [1.165, 1.54) is 30.6 Å². The molecule has 0 amide bonds. The number of rotatable bonds is 4. The van der Waals surface area contributed by atoms with E-state index in [0.29, 0.717) is 5.88 Å². The second kappa shape index (κ2) is 5.68. The Hall–Kier alpha value is -0.450. The summed E-state index contributed by atoms with van der Waals surface area (Å²) in [5.74, 6) is 0.697. The van der Waals surface area contributed by atoms with Crippen molar-refractivity contribution < 1.29 is 0 Å². The lowest BCUT2D eigenvalue weighted by Crippen LogP contribution is -1.96. The minimum absolute atomic E-state index is 0.697. The third-order valence-corrected chi connectivity index (χ3v) is 5.86. The van der Waals surface area contributed by atoms with Crippen molar-refractivity contribution in [3.63, 3.8) is 0 Å². The lowest BCUT2D eigenvalue weighted by Gasteiger charge is -2.08. The van der Waals surface area contributed by atoms with E-state index in [2.05, 4.69) is 16.3 Å². The summed E-state index contributed by atoms with van der Waals surface area (Å²) in [4.78, 5) is 2.87. The maximum atomic E-state index is 5.70. The molecule has 0 aromatic carbocycles. The number of alkyl halides is 1. The molecule has 0 atom stereocenters. The number of aryl methyl sites for hydroxylation is 3. The highest BCUT2D eigenvalue weighted by molar-refractivity contribution is 7.21. The van der Waals surface area contributed by atoms with Crippen molar-refractivity contribution >= 4 is 34.3 Å². The van der Waals surface area contributed by atoms with Gasteiger partial charge in [0.25, 0.3) is 0 Å². The van der Waals surface area contributed by atoms with Crippen LogP contribution in [0.3, 0.4) is 0 Å². The number of hydrogen-bond acceptors (Lipinski definition) is 4. The summed E-state index contributed by atoms with van der Waals surface area (Å²) in [6, 6.07) is 2.32. The van der Waals surface area contributed by atoms with Crippen LogP contribution < -0.4 is 0 Å². The lowest BCUT2D eigenvalue weighted by molar-refractivity contribution is 0.697. The van der Waals surface area contributed by atoms with Crippen LogP contribution in [0.2, 0.25) is 0 Å². The molecular weight excluding hydrogens is 284 g/mol. The summed E-state index contributed by atoms with van der Waals surface area (Å²) >= 11 is 9.33. The van der Waals surface area contributed by atoms with Gasteiger partial charge in [-0.15, -0.1) is 33.1 Å². The molecule has 0 N–H and O–H groups in total. The van der Waals surface area contributed by atoms with E-state index in [1.807, 2.05) is 11.3 Å². The maximum Gasteiger partial charge on any atom is 0.157 e. The lowest BCUT2D eigenvalue weighted by atomic mass is 9.99. The fourth-order valence-electron chi connectivity index (χ4n) is 2.27.